The van der Waals surface area contributed by atoms with E-state index in [1.165, 1.54) is 28.6 Å². The molecule has 0 atom stereocenters. The molecule has 8 heteroatoms. The van der Waals surface area contributed by atoms with Crippen LogP contribution < -0.4 is 0 Å². The fraction of sp³-hybridized carbons (Fsp3) is 0.455. The Morgan fingerprint density at radius 1 is 1.07 bits per heavy atom. The minimum atomic E-state index is -3.53. The second kappa shape index (κ2) is 8.00. The predicted molar refractivity (Wildman–Crippen MR) is 111 cm³/mol. The topological polar surface area (TPSA) is 85.7 Å². The van der Waals surface area contributed by atoms with Crippen molar-refractivity contribution in [2.75, 3.05) is 19.7 Å². The quantitative estimate of drug-likeness (QED) is 0.497. The number of aromatic nitrogens is 1. The van der Waals surface area contributed by atoms with Gasteiger partial charge in [0.15, 0.2) is 6.61 Å². The first kappa shape index (κ1) is 20.8. The van der Waals surface area contributed by atoms with Crippen molar-refractivity contribution in [1.82, 2.24) is 8.87 Å². The van der Waals surface area contributed by atoms with Gasteiger partial charge in [0.1, 0.15) is 0 Å². The van der Waals surface area contributed by atoms with Gasteiger partial charge in [0.25, 0.3) is 0 Å². The van der Waals surface area contributed by atoms with Crippen molar-refractivity contribution < 1.29 is 22.7 Å². The molecule has 30 heavy (non-hydrogen) atoms. The second-order valence-electron chi connectivity index (χ2n) is 8.02. The molecule has 0 spiro atoms. The van der Waals surface area contributed by atoms with Crippen LogP contribution in [0.5, 0.6) is 0 Å². The van der Waals surface area contributed by atoms with Crippen molar-refractivity contribution in [3.63, 3.8) is 0 Å². The highest BCUT2D eigenvalue weighted by Crippen LogP contribution is 2.38. The molecule has 0 radical (unpaired) electrons. The zero-order chi connectivity index (χ0) is 21.5. The number of benzene rings is 1. The van der Waals surface area contributed by atoms with E-state index in [2.05, 4.69) is 4.57 Å². The zero-order valence-electron chi connectivity index (χ0n) is 17.3. The molecule has 2 aliphatic rings. The number of ether oxygens (including phenoxy) is 1. The van der Waals surface area contributed by atoms with Crippen LogP contribution in [0.15, 0.2) is 35.2 Å². The summed E-state index contributed by atoms with van der Waals surface area (Å²) in [5.74, 6) is -0.888. The Morgan fingerprint density at radius 2 is 1.70 bits per heavy atom. The lowest BCUT2D eigenvalue weighted by Gasteiger charge is -2.15. The Balaban J connectivity index is 1.39. The summed E-state index contributed by atoms with van der Waals surface area (Å²) in [4.78, 5) is 25.1. The van der Waals surface area contributed by atoms with Crippen molar-refractivity contribution in [2.24, 2.45) is 0 Å². The fourth-order valence-corrected chi connectivity index (χ4v) is 5.60. The van der Waals surface area contributed by atoms with Crippen molar-refractivity contribution in [3.8, 4) is 0 Å². The van der Waals surface area contributed by atoms with Gasteiger partial charge < -0.3 is 9.30 Å². The summed E-state index contributed by atoms with van der Waals surface area (Å²) in [6, 6.07) is 8.00. The Kier molecular flexibility index (Phi) is 5.55. The van der Waals surface area contributed by atoms with Crippen LogP contribution in [-0.2, 0) is 14.8 Å². The third-order valence-electron chi connectivity index (χ3n) is 5.82. The van der Waals surface area contributed by atoms with E-state index in [4.69, 9.17) is 4.74 Å². The summed E-state index contributed by atoms with van der Waals surface area (Å²) in [7, 11) is -3.53. The molecule has 1 aromatic carbocycles. The molecule has 7 nitrogen and oxygen atoms in total. The van der Waals surface area contributed by atoms with Gasteiger partial charge in [-0.05, 0) is 69.9 Å². The average molecular weight is 431 g/mol. The molecule has 0 bridgehead atoms. The largest absolute Gasteiger partial charge is 0.454 e. The molecule has 0 amide bonds. The maximum Gasteiger partial charge on any atom is 0.338 e. The van der Waals surface area contributed by atoms with E-state index in [1.807, 2.05) is 19.9 Å². The summed E-state index contributed by atoms with van der Waals surface area (Å²) in [6.07, 6.45) is 3.98. The maximum absolute atomic E-state index is 12.6. The molecule has 2 fully saturated rings. The van der Waals surface area contributed by atoms with Gasteiger partial charge in [-0.1, -0.05) is 0 Å². The van der Waals surface area contributed by atoms with Gasteiger partial charge in [-0.2, -0.15) is 4.31 Å². The van der Waals surface area contributed by atoms with Gasteiger partial charge in [0.2, 0.25) is 15.8 Å². The highest BCUT2D eigenvalue weighted by Gasteiger charge is 2.29. The Bertz CT molecular complexity index is 1080. The molecular formula is C22H26N2O5S. The monoisotopic (exact) mass is 430 g/mol. The molecule has 2 aromatic rings. The van der Waals surface area contributed by atoms with Crippen LogP contribution in [0.3, 0.4) is 0 Å². The molecular weight excluding hydrogens is 404 g/mol. The third kappa shape index (κ3) is 3.94. The minimum absolute atomic E-state index is 0.157. The number of hydrogen-bond acceptors (Lipinski definition) is 5. The standard InChI is InChI=1S/C22H26N2O5S/c1-15-13-20(16(2)24(15)18-7-8-18)21(25)14-29-22(26)17-5-9-19(10-6-17)30(27,28)23-11-3-4-12-23/h5-6,9-10,13,18H,3-4,7-8,11-12,14H2,1-2H3. The first-order chi connectivity index (χ1) is 14.3. The Morgan fingerprint density at radius 3 is 2.30 bits per heavy atom. The molecule has 0 unspecified atom stereocenters. The summed E-state index contributed by atoms with van der Waals surface area (Å²) in [5.41, 5.74) is 2.75. The maximum atomic E-state index is 12.6. The van der Waals surface area contributed by atoms with Crippen molar-refractivity contribution >= 4 is 21.8 Å². The van der Waals surface area contributed by atoms with Crippen LogP contribution in [-0.4, -0.2) is 48.7 Å². The Labute approximate surface area is 176 Å². The molecule has 1 aliphatic carbocycles. The van der Waals surface area contributed by atoms with Crippen LogP contribution in [0, 0.1) is 13.8 Å². The van der Waals surface area contributed by atoms with Crippen LogP contribution in [0.2, 0.25) is 0 Å². The summed E-state index contributed by atoms with van der Waals surface area (Å²) < 4.78 is 34.0. The second-order valence-corrected chi connectivity index (χ2v) is 9.96. The van der Waals surface area contributed by atoms with Gasteiger partial charge >= 0.3 is 5.97 Å². The summed E-state index contributed by atoms with van der Waals surface area (Å²) in [5, 5.41) is 0. The number of carbonyl (C=O) groups is 2. The summed E-state index contributed by atoms with van der Waals surface area (Å²) >= 11 is 0. The molecule has 1 saturated heterocycles. The third-order valence-corrected chi connectivity index (χ3v) is 7.74. The van der Waals surface area contributed by atoms with Crippen molar-refractivity contribution in [1.29, 1.82) is 0 Å². The van der Waals surface area contributed by atoms with E-state index in [1.54, 1.807) is 0 Å². The van der Waals surface area contributed by atoms with Crippen LogP contribution >= 0.6 is 0 Å². The zero-order valence-corrected chi connectivity index (χ0v) is 18.1. The van der Waals surface area contributed by atoms with Gasteiger partial charge in [-0.3, -0.25) is 4.79 Å². The van der Waals surface area contributed by atoms with Crippen LogP contribution in [0.1, 0.15) is 63.8 Å². The van der Waals surface area contributed by atoms with Crippen molar-refractivity contribution in [3.05, 3.63) is 52.8 Å². The minimum Gasteiger partial charge on any atom is -0.454 e. The van der Waals surface area contributed by atoms with Crippen LogP contribution in [0.25, 0.3) is 0 Å². The van der Waals surface area contributed by atoms with E-state index >= 15 is 0 Å². The normalized spacial score (nSPS) is 17.3. The lowest BCUT2D eigenvalue weighted by Crippen LogP contribution is -2.27. The first-order valence-corrected chi connectivity index (χ1v) is 11.7. The van der Waals surface area contributed by atoms with E-state index in [0.717, 1.165) is 37.1 Å². The van der Waals surface area contributed by atoms with Crippen molar-refractivity contribution in [2.45, 2.75) is 50.5 Å². The molecule has 0 N–H and O–H groups in total. The highest BCUT2D eigenvalue weighted by molar-refractivity contribution is 7.89. The Hall–Kier alpha value is -2.45. The van der Waals surface area contributed by atoms with E-state index in [-0.39, 0.29) is 22.8 Å². The van der Waals surface area contributed by atoms with E-state index in [0.29, 0.717) is 24.7 Å². The number of sulfonamides is 1. The van der Waals surface area contributed by atoms with Gasteiger partial charge in [0.05, 0.1) is 10.5 Å². The molecule has 160 valence electrons. The number of nitrogens with zero attached hydrogens (tertiary/aromatic N) is 2. The number of Topliss-reactive ketones (excluding diaryl/α,β-unsaturated/α-hetero) is 1. The van der Waals surface area contributed by atoms with Gasteiger partial charge in [-0.15, -0.1) is 0 Å². The molecule has 4 rings (SSSR count). The summed E-state index contributed by atoms with van der Waals surface area (Å²) in [6.45, 7) is 4.60. The number of hydrogen-bond donors (Lipinski definition) is 0. The highest BCUT2D eigenvalue weighted by atomic mass is 32.2. The smallest absolute Gasteiger partial charge is 0.338 e. The first-order valence-electron chi connectivity index (χ1n) is 10.3. The number of aryl methyl sites for hydroxylation is 1. The average Bonchev–Trinajstić information content (AvgIpc) is 3.29. The molecule has 2 heterocycles. The van der Waals surface area contributed by atoms with Gasteiger partial charge in [-0.25, -0.2) is 13.2 Å². The fourth-order valence-electron chi connectivity index (χ4n) is 4.09. The van der Waals surface area contributed by atoms with Crippen LogP contribution in [0.4, 0.5) is 0 Å². The molecule has 1 saturated carbocycles. The molecule has 1 aliphatic heterocycles. The number of carbonyl (C=O) groups excluding carboxylic acids is 2. The van der Waals surface area contributed by atoms with Gasteiger partial charge in [0, 0.05) is 36.1 Å². The molecule has 1 aromatic heterocycles. The van der Waals surface area contributed by atoms with E-state index < -0.39 is 16.0 Å². The SMILES string of the molecule is Cc1cc(C(=O)COC(=O)c2ccc(S(=O)(=O)N3CCCC3)cc2)c(C)n1C1CC1. The number of ketones is 1. The lowest BCUT2D eigenvalue weighted by atomic mass is 10.1. The lowest BCUT2D eigenvalue weighted by molar-refractivity contribution is 0.0474. The predicted octanol–water partition coefficient (Wildman–Crippen LogP) is 3.26. The van der Waals surface area contributed by atoms with E-state index in [9.17, 15) is 18.0 Å². The number of esters is 1. The number of rotatable bonds is 7.